The Kier molecular flexibility index (Phi) is 15.4. The molecule has 2 aromatic carbocycles. The van der Waals surface area contributed by atoms with Crippen LogP contribution in [-0.4, -0.2) is 66.0 Å². The van der Waals surface area contributed by atoms with Gasteiger partial charge < -0.3 is 25.0 Å². The second-order valence-electron chi connectivity index (χ2n) is 13.3. The minimum Gasteiger partial charge on any atom is -0.375 e. The van der Waals surface area contributed by atoms with E-state index in [9.17, 15) is 14.4 Å². The SMILES string of the molecule is CC(C)(CCOC(C)(C)CCC(=O)NCCC(=O)N1Cc2ccccc2/C=C\c2ccccc21)OCCNC(=O)CCSSc1ccccn1. The van der Waals surface area contributed by atoms with Crippen molar-refractivity contribution in [1.82, 2.24) is 15.6 Å². The zero-order chi connectivity index (χ0) is 35.8. The zero-order valence-electron chi connectivity index (χ0n) is 29.6. The lowest BCUT2D eigenvalue weighted by Gasteiger charge is -2.30. The maximum Gasteiger partial charge on any atom is 0.229 e. The van der Waals surface area contributed by atoms with Gasteiger partial charge in [-0.05, 0) is 86.2 Å². The van der Waals surface area contributed by atoms with Crippen LogP contribution in [-0.2, 0) is 30.4 Å². The molecule has 2 N–H and O–H groups in total. The molecule has 3 amide bonds. The predicted octanol–water partition coefficient (Wildman–Crippen LogP) is 7.31. The normalized spacial score (nSPS) is 13.4. The molecule has 0 unspecified atom stereocenters. The number of anilines is 1. The van der Waals surface area contributed by atoms with Gasteiger partial charge in [-0.1, -0.05) is 71.5 Å². The highest BCUT2D eigenvalue weighted by atomic mass is 33.1. The van der Waals surface area contributed by atoms with E-state index in [1.54, 1.807) is 27.8 Å². The van der Waals surface area contributed by atoms with E-state index in [1.165, 1.54) is 0 Å². The summed E-state index contributed by atoms with van der Waals surface area (Å²) in [5.74, 6) is 0.566. The molecule has 3 aromatic rings. The number of hydrogen-bond donors (Lipinski definition) is 2. The van der Waals surface area contributed by atoms with Gasteiger partial charge in [-0.2, -0.15) is 0 Å². The van der Waals surface area contributed by atoms with Crippen molar-refractivity contribution in [3.8, 4) is 0 Å². The third-order valence-corrected chi connectivity index (χ3v) is 10.5. The van der Waals surface area contributed by atoms with Crippen molar-refractivity contribution < 1.29 is 23.9 Å². The van der Waals surface area contributed by atoms with Gasteiger partial charge in [-0.25, -0.2) is 4.98 Å². The summed E-state index contributed by atoms with van der Waals surface area (Å²) in [6.07, 6.45) is 8.04. The first-order valence-electron chi connectivity index (χ1n) is 17.2. The molecule has 2 heterocycles. The number of fused-ring (bicyclic) bond motifs is 2. The molecule has 11 heteroatoms. The summed E-state index contributed by atoms with van der Waals surface area (Å²) in [6.45, 7) is 10.0. The number of nitrogens with one attached hydrogen (secondary N) is 2. The van der Waals surface area contributed by atoms with Crippen molar-refractivity contribution in [2.24, 2.45) is 0 Å². The van der Waals surface area contributed by atoms with Crippen molar-refractivity contribution in [2.75, 3.05) is 37.0 Å². The number of pyridine rings is 1. The van der Waals surface area contributed by atoms with E-state index in [-0.39, 0.29) is 30.7 Å². The lowest BCUT2D eigenvalue weighted by molar-refractivity contribution is -0.123. The highest BCUT2D eigenvalue weighted by molar-refractivity contribution is 8.76. The monoisotopic (exact) mass is 718 g/mol. The number of rotatable bonds is 19. The number of carbonyl (C=O) groups excluding carboxylic acids is 3. The third kappa shape index (κ3) is 13.6. The van der Waals surface area contributed by atoms with Crippen LogP contribution >= 0.6 is 21.6 Å². The van der Waals surface area contributed by atoms with Crippen molar-refractivity contribution in [2.45, 2.75) is 82.6 Å². The van der Waals surface area contributed by atoms with Crippen LogP contribution in [0.1, 0.15) is 76.5 Å². The predicted molar refractivity (Wildman–Crippen MR) is 205 cm³/mol. The Morgan fingerprint density at radius 3 is 2.22 bits per heavy atom. The van der Waals surface area contributed by atoms with Crippen LogP contribution in [0.25, 0.3) is 12.2 Å². The molecule has 0 saturated carbocycles. The molecular formula is C39H50N4O5S2. The van der Waals surface area contributed by atoms with Crippen molar-refractivity contribution in [1.29, 1.82) is 0 Å². The highest BCUT2D eigenvalue weighted by Crippen LogP contribution is 2.30. The highest BCUT2D eigenvalue weighted by Gasteiger charge is 2.24. The molecule has 4 rings (SSSR count). The molecule has 0 radical (unpaired) electrons. The number of nitrogens with zero attached hydrogens (tertiary/aromatic N) is 2. The van der Waals surface area contributed by atoms with Gasteiger partial charge in [0.1, 0.15) is 5.03 Å². The van der Waals surface area contributed by atoms with Crippen LogP contribution in [0.3, 0.4) is 0 Å². The molecule has 0 saturated heterocycles. The van der Waals surface area contributed by atoms with E-state index in [0.29, 0.717) is 57.7 Å². The molecular weight excluding hydrogens is 669 g/mol. The fourth-order valence-electron chi connectivity index (χ4n) is 5.28. The lowest BCUT2D eigenvalue weighted by atomic mass is 10.0. The number of para-hydroxylation sites is 1. The smallest absolute Gasteiger partial charge is 0.229 e. The van der Waals surface area contributed by atoms with E-state index in [4.69, 9.17) is 9.47 Å². The summed E-state index contributed by atoms with van der Waals surface area (Å²) in [5.41, 5.74) is 3.09. The van der Waals surface area contributed by atoms with Crippen molar-refractivity contribution in [3.05, 3.63) is 89.6 Å². The third-order valence-electron chi connectivity index (χ3n) is 8.28. The number of ether oxygens (including phenoxy) is 2. The molecule has 50 heavy (non-hydrogen) atoms. The zero-order valence-corrected chi connectivity index (χ0v) is 31.2. The Balaban J connectivity index is 1.08. The molecule has 1 aliphatic heterocycles. The summed E-state index contributed by atoms with van der Waals surface area (Å²) < 4.78 is 12.2. The molecule has 1 aliphatic rings. The number of aromatic nitrogens is 1. The van der Waals surface area contributed by atoms with E-state index in [2.05, 4.69) is 27.8 Å². The van der Waals surface area contributed by atoms with Gasteiger partial charge in [0, 0.05) is 44.3 Å². The van der Waals surface area contributed by atoms with Crippen molar-refractivity contribution in [3.63, 3.8) is 0 Å². The lowest BCUT2D eigenvalue weighted by Crippen LogP contribution is -2.36. The summed E-state index contributed by atoms with van der Waals surface area (Å²) in [4.78, 5) is 44.4. The summed E-state index contributed by atoms with van der Waals surface area (Å²) >= 11 is 0. The largest absolute Gasteiger partial charge is 0.375 e. The van der Waals surface area contributed by atoms with Crippen LogP contribution in [0, 0.1) is 0 Å². The van der Waals surface area contributed by atoms with Crippen LogP contribution in [0.4, 0.5) is 5.69 Å². The average molecular weight is 719 g/mol. The van der Waals surface area contributed by atoms with E-state index in [1.807, 2.05) is 99.3 Å². The minimum absolute atomic E-state index is 0.00335. The van der Waals surface area contributed by atoms with Gasteiger partial charge in [-0.15, -0.1) is 0 Å². The second-order valence-corrected chi connectivity index (χ2v) is 15.7. The second kappa shape index (κ2) is 19.7. The van der Waals surface area contributed by atoms with Crippen LogP contribution in [0.5, 0.6) is 0 Å². The molecule has 268 valence electrons. The molecule has 0 fully saturated rings. The van der Waals surface area contributed by atoms with E-state index < -0.39 is 11.2 Å². The molecule has 9 nitrogen and oxygen atoms in total. The van der Waals surface area contributed by atoms with Gasteiger partial charge in [0.15, 0.2) is 0 Å². The summed E-state index contributed by atoms with van der Waals surface area (Å²) in [6, 6.07) is 21.7. The first kappa shape index (κ1) is 39.2. The molecule has 0 bridgehead atoms. The number of benzene rings is 2. The standard InChI is InChI=1S/C39H50N4O5S2/c1-38(2,47-26-22-39(3,4)48-27-25-41-35(45)20-28-49-50-36-15-9-10-23-42-36)21-18-34(44)40-24-19-37(46)43-29-32-13-6-5-11-30(32)16-17-31-12-7-8-14-33(31)43/h5-17,23H,18-22,24-29H2,1-4H3,(H,40,44)(H,41,45)/b17-16-. The number of carbonyl (C=O) groups is 3. The van der Waals surface area contributed by atoms with Gasteiger partial charge in [-0.3, -0.25) is 14.4 Å². The van der Waals surface area contributed by atoms with Crippen LogP contribution in [0.15, 0.2) is 78.0 Å². The molecule has 0 atom stereocenters. The Bertz CT molecular complexity index is 1580. The molecule has 0 aliphatic carbocycles. The Labute approximate surface area is 304 Å². The summed E-state index contributed by atoms with van der Waals surface area (Å²) in [7, 11) is 3.18. The maximum atomic E-state index is 13.4. The van der Waals surface area contributed by atoms with Gasteiger partial charge in [0.05, 0.1) is 36.6 Å². The molecule has 1 aromatic heterocycles. The van der Waals surface area contributed by atoms with Gasteiger partial charge >= 0.3 is 0 Å². The van der Waals surface area contributed by atoms with Gasteiger partial charge in [0.25, 0.3) is 0 Å². The Hall–Kier alpha value is -3.64. The Morgan fingerprint density at radius 2 is 1.42 bits per heavy atom. The topological polar surface area (TPSA) is 110 Å². The number of amides is 3. The first-order chi connectivity index (χ1) is 24.0. The summed E-state index contributed by atoms with van der Waals surface area (Å²) in [5, 5.41) is 6.77. The fourth-order valence-corrected chi connectivity index (χ4v) is 7.14. The van der Waals surface area contributed by atoms with E-state index in [0.717, 1.165) is 27.4 Å². The molecule has 0 spiro atoms. The van der Waals surface area contributed by atoms with Crippen LogP contribution < -0.4 is 15.5 Å². The quantitative estimate of drug-likeness (QED) is 0.0982. The first-order valence-corrected chi connectivity index (χ1v) is 19.5. The van der Waals surface area contributed by atoms with Gasteiger partial charge in [0.2, 0.25) is 17.7 Å². The van der Waals surface area contributed by atoms with E-state index >= 15 is 0 Å². The fraction of sp³-hybridized carbons (Fsp3) is 0.436. The van der Waals surface area contributed by atoms with Crippen molar-refractivity contribution >= 4 is 57.1 Å². The number of hydrogen-bond acceptors (Lipinski definition) is 8. The van der Waals surface area contributed by atoms with Crippen LogP contribution in [0.2, 0.25) is 0 Å². The minimum atomic E-state index is -0.501. The average Bonchev–Trinajstić information content (AvgIpc) is 3.09. The maximum absolute atomic E-state index is 13.4. The Morgan fingerprint density at radius 1 is 0.760 bits per heavy atom.